The molecule has 8 nitrogen and oxygen atoms in total. The monoisotopic (exact) mass is 679 g/mol. The Morgan fingerprint density at radius 2 is 1.49 bits per heavy atom. The molecule has 49 heavy (non-hydrogen) atoms. The normalized spacial score (nSPS) is 17.0. The van der Waals surface area contributed by atoms with Gasteiger partial charge in [-0.25, -0.2) is 4.79 Å². The first kappa shape index (κ1) is 34.6. The molecule has 0 saturated carbocycles. The first-order valence-electron chi connectivity index (χ1n) is 17.4. The van der Waals surface area contributed by atoms with E-state index in [4.69, 9.17) is 11.6 Å². The van der Waals surface area contributed by atoms with Crippen molar-refractivity contribution in [3.05, 3.63) is 137 Å². The summed E-state index contributed by atoms with van der Waals surface area (Å²) in [7, 11) is 0. The smallest absolute Gasteiger partial charge is 0.315 e. The van der Waals surface area contributed by atoms with Crippen molar-refractivity contribution in [1.29, 1.82) is 0 Å². The number of hydrogen-bond donors (Lipinski definition) is 3. The predicted molar refractivity (Wildman–Crippen MR) is 194 cm³/mol. The number of benzene rings is 3. The van der Waals surface area contributed by atoms with Gasteiger partial charge >= 0.3 is 6.03 Å². The number of nitrogens with zero attached hydrogens (tertiary/aromatic N) is 3. The fourth-order valence-corrected chi connectivity index (χ4v) is 7.55. The van der Waals surface area contributed by atoms with E-state index in [9.17, 15) is 14.7 Å². The number of hydrogen-bond acceptors (Lipinski definition) is 5. The predicted octanol–water partition coefficient (Wildman–Crippen LogP) is 6.39. The maximum Gasteiger partial charge on any atom is 0.315 e. The lowest BCUT2D eigenvalue weighted by Crippen LogP contribution is -2.51. The molecule has 0 aliphatic carbocycles. The second kappa shape index (κ2) is 16.0. The summed E-state index contributed by atoms with van der Waals surface area (Å²) in [6.45, 7) is 4.16. The standard InChI is InChI=1S/C40H46ClN5O3/c41-35-16-14-34(15-17-35)40(49)21-27-45(28-22-40)24-8-20-39(32-10-3-1-4-11-32,33-12-5-2-6-13-33)30-43-38(48)44-36-18-25-46(26-19-36)37(47)31-9-7-23-42-29-31/h1-7,9-17,23,29,36,49H,8,18-22,24-28,30H2,(H2,43,44,48). The minimum atomic E-state index is -0.832. The van der Waals surface area contributed by atoms with Crippen molar-refractivity contribution in [2.75, 3.05) is 39.3 Å². The van der Waals surface area contributed by atoms with Gasteiger partial charge in [0, 0.05) is 61.6 Å². The quantitative estimate of drug-likeness (QED) is 0.171. The minimum absolute atomic E-state index is 0.00795. The van der Waals surface area contributed by atoms with Gasteiger partial charge in [0.25, 0.3) is 5.91 Å². The van der Waals surface area contributed by atoms with Crippen molar-refractivity contribution in [2.24, 2.45) is 0 Å². The summed E-state index contributed by atoms with van der Waals surface area (Å²) >= 11 is 6.09. The number of nitrogens with one attached hydrogen (secondary N) is 2. The van der Waals surface area contributed by atoms with Crippen molar-refractivity contribution in [3.8, 4) is 0 Å². The van der Waals surface area contributed by atoms with Crippen LogP contribution in [-0.4, -0.2) is 77.1 Å². The van der Waals surface area contributed by atoms with E-state index in [2.05, 4.69) is 69.0 Å². The van der Waals surface area contributed by atoms with Crippen molar-refractivity contribution >= 4 is 23.5 Å². The van der Waals surface area contributed by atoms with Gasteiger partial charge in [-0.1, -0.05) is 84.4 Å². The number of halogens is 1. The van der Waals surface area contributed by atoms with Gasteiger partial charge in [0.2, 0.25) is 0 Å². The Labute approximate surface area is 294 Å². The summed E-state index contributed by atoms with van der Waals surface area (Å²) in [6.07, 6.45) is 7.78. The number of aromatic nitrogens is 1. The highest BCUT2D eigenvalue weighted by molar-refractivity contribution is 6.30. The van der Waals surface area contributed by atoms with E-state index in [1.165, 1.54) is 11.1 Å². The van der Waals surface area contributed by atoms with Crippen LogP contribution < -0.4 is 10.6 Å². The Balaban J connectivity index is 1.08. The molecule has 3 heterocycles. The molecule has 6 rings (SSSR count). The highest BCUT2D eigenvalue weighted by atomic mass is 35.5. The van der Waals surface area contributed by atoms with Gasteiger partial charge in [-0.2, -0.15) is 0 Å². The highest BCUT2D eigenvalue weighted by Gasteiger charge is 2.37. The van der Waals surface area contributed by atoms with Crippen LogP contribution in [0.5, 0.6) is 0 Å². The number of urea groups is 1. The van der Waals surface area contributed by atoms with Gasteiger partial charge < -0.3 is 25.5 Å². The molecule has 3 amide bonds. The first-order chi connectivity index (χ1) is 23.8. The van der Waals surface area contributed by atoms with Crippen LogP contribution in [0.25, 0.3) is 0 Å². The number of aliphatic hydroxyl groups is 1. The largest absolute Gasteiger partial charge is 0.385 e. The molecule has 4 aromatic rings. The summed E-state index contributed by atoms with van der Waals surface area (Å²) < 4.78 is 0. The maximum absolute atomic E-state index is 13.4. The van der Waals surface area contributed by atoms with E-state index in [1.54, 1.807) is 24.5 Å². The summed E-state index contributed by atoms with van der Waals surface area (Å²) in [5, 5.41) is 18.5. The summed E-state index contributed by atoms with van der Waals surface area (Å²) in [4.78, 5) is 34.6. The molecule has 9 heteroatoms. The van der Waals surface area contributed by atoms with Crippen LogP contribution >= 0.6 is 11.6 Å². The van der Waals surface area contributed by atoms with Crippen LogP contribution in [0.4, 0.5) is 4.79 Å². The molecule has 1 aromatic heterocycles. The van der Waals surface area contributed by atoms with Crippen molar-refractivity contribution in [1.82, 2.24) is 25.4 Å². The molecule has 2 aliphatic heterocycles. The molecule has 0 atom stereocenters. The van der Waals surface area contributed by atoms with Crippen molar-refractivity contribution in [3.63, 3.8) is 0 Å². The molecule has 256 valence electrons. The van der Waals surface area contributed by atoms with E-state index < -0.39 is 11.0 Å². The van der Waals surface area contributed by atoms with Crippen molar-refractivity contribution < 1.29 is 14.7 Å². The molecule has 2 saturated heterocycles. The Kier molecular flexibility index (Phi) is 11.3. The lowest BCUT2D eigenvalue weighted by Gasteiger charge is -2.40. The van der Waals surface area contributed by atoms with Gasteiger partial charge in [0.15, 0.2) is 0 Å². The van der Waals surface area contributed by atoms with Gasteiger partial charge in [0.05, 0.1) is 11.2 Å². The van der Waals surface area contributed by atoms with Crippen LogP contribution in [0, 0.1) is 0 Å². The second-order valence-electron chi connectivity index (χ2n) is 13.4. The number of carbonyl (C=O) groups is 2. The number of carbonyl (C=O) groups excluding carboxylic acids is 2. The summed E-state index contributed by atoms with van der Waals surface area (Å²) in [5.41, 5.74) is 2.58. The average Bonchev–Trinajstić information content (AvgIpc) is 3.15. The van der Waals surface area contributed by atoms with Gasteiger partial charge in [-0.3, -0.25) is 9.78 Å². The third-order valence-corrected chi connectivity index (χ3v) is 10.6. The fourth-order valence-electron chi connectivity index (χ4n) is 7.43. The summed E-state index contributed by atoms with van der Waals surface area (Å²) in [5.74, 6) is -0.0201. The number of rotatable bonds is 11. The molecule has 3 aromatic carbocycles. The molecule has 0 spiro atoms. The zero-order chi connectivity index (χ0) is 34.1. The number of piperidine rings is 2. The maximum atomic E-state index is 13.4. The number of pyridine rings is 1. The Bertz CT molecular complexity index is 1600. The molecule has 3 N–H and O–H groups in total. The molecule has 2 fully saturated rings. The van der Waals surface area contributed by atoms with Gasteiger partial charge in [0.1, 0.15) is 0 Å². The molecule has 0 unspecified atom stereocenters. The lowest BCUT2D eigenvalue weighted by molar-refractivity contribution is -0.0262. The Morgan fingerprint density at radius 3 is 2.08 bits per heavy atom. The zero-order valence-electron chi connectivity index (χ0n) is 27.9. The molecule has 0 bridgehead atoms. The second-order valence-corrected chi connectivity index (χ2v) is 13.9. The van der Waals surface area contributed by atoms with E-state index in [0.717, 1.165) is 38.0 Å². The minimum Gasteiger partial charge on any atom is -0.385 e. The molecule has 2 aliphatic rings. The number of likely N-dealkylation sites (tertiary alicyclic amines) is 2. The summed E-state index contributed by atoms with van der Waals surface area (Å²) in [6, 6.07) is 31.9. The SMILES string of the molecule is O=C(NCC(CCCN1CCC(O)(c2ccc(Cl)cc2)CC1)(c1ccccc1)c1ccccc1)NC1CCN(C(=O)c2cccnc2)CC1. The van der Waals surface area contributed by atoms with Crippen LogP contribution in [-0.2, 0) is 11.0 Å². The van der Waals surface area contributed by atoms with Gasteiger partial charge in [-0.05, 0) is 86.0 Å². The lowest BCUT2D eigenvalue weighted by atomic mass is 9.71. The molecular weight excluding hydrogens is 634 g/mol. The van der Waals surface area contributed by atoms with Crippen molar-refractivity contribution in [2.45, 2.75) is 55.6 Å². The molecule has 0 radical (unpaired) electrons. The fraction of sp³-hybridized carbons (Fsp3) is 0.375. The van der Waals surface area contributed by atoms with Crippen LogP contribution in [0.15, 0.2) is 109 Å². The Hall–Kier alpha value is -4.24. The van der Waals surface area contributed by atoms with Gasteiger partial charge in [-0.15, -0.1) is 0 Å². The topological polar surface area (TPSA) is 97.8 Å². The Morgan fingerprint density at radius 1 is 0.857 bits per heavy atom. The number of amides is 3. The third-order valence-electron chi connectivity index (χ3n) is 10.4. The first-order valence-corrected chi connectivity index (χ1v) is 17.8. The zero-order valence-corrected chi connectivity index (χ0v) is 28.7. The van der Waals surface area contributed by atoms with Crippen LogP contribution in [0.3, 0.4) is 0 Å². The van der Waals surface area contributed by atoms with Crippen LogP contribution in [0.2, 0.25) is 5.02 Å². The third kappa shape index (κ3) is 8.50. The highest BCUT2D eigenvalue weighted by Crippen LogP contribution is 2.38. The average molecular weight is 680 g/mol. The van der Waals surface area contributed by atoms with Crippen LogP contribution in [0.1, 0.15) is 65.6 Å². The van der Waals surface area contributed by atoms with E-state index in [-0.39, 0.29) is 18.0 Å². The van der Waals surface area contributed by atoms with E-state index in [0.29, 0.717) is 55.9 Å². The molecular formula is C40H46ClN5O3. The van der Waals surface area contributed by atoms with E-state index >= 15 is 0 Å². The van der Waals surface area contributed by atoms with E-state index in [1.807, 2.05) is 41.3 Å².